The molecule has 28 heavy (non-hydrogen) atoms. The number of nitrogens with zero attached hydrogens (tertiary/aromatic N) is 5. The Kier molecular flexibility index (Phi) is 7.50. The number of hydrogen-bond donors (Lipinski definition) is 2. The highest BCUT2D eigenvalue weighted by atomic mass is 35.5. The quantitative estimate of drug-likeness (QED) is 0.210. The summed E-state index contributed by atoms with van der Waals surface area (Å²) in [5.74, 6) is -0.758. The lowest BCUT2D eigenvalue weighted by Gasteiger charge is -2.25. The Bertz CT molecular complexity index is 814. The molecule has 1 aliphatic rings. The lowest BCUT2D eigenvalue weighted by molar-refractivity contribution is -0.160. The number of ether oxygens (including phenoxy) is 2. The Labute approximate surface area is 171 Å². The van der Waals surface area contributed by atoms with Crippen LogP contribution in [0.3, 0.4) is 0 Å². The molecule has 0 spiro atoms. The zero-order valence-corrected chi connectivity index (χ0v) is 17.0. The van der Waals surface area contributed by atoms with Crippen LogP contribution in [-0.4, -0.2) is 33.9 Å². The second kappa shape index (κ2) is 9.44. The summed E-state index contributed by atoms with van der Waals surface area (Å²) < 4.78 is 12.4. The fourth-order valence-electron chi connectivity index (χ4n) is 2.97. The number of hydrogen-bond acceptors (Lipinski definition) is 8. The number of halogens is 2. The minimum atomic E-state index is -1.45. The number of esters is 1. The third-order valence-electron chi connectivity index (χ3n) is 4.37. The van der Waals surface area contributed by atoms with E-state index < -0.39 is 29.7 Å². The Morgan fingerprint density at radius 1 is 1.61 bits per heavy atom. The first-order valence-electron chi connectivity index (χ1n) is 8.49. The summed E-state index contributed by atoms with van der Waals surface area (Å²) in [5.41, 5.74) is 6.92. The molecule has 13 heteroatoms. The number of rotatable bonds is 8. The number of carbonyl (C=O) groups is 1. The van der Waals surface area contributed by atoms with Gasteiger partial charge in [-0.05, 0) is 35.7 Å². The smallest absolute Gasteiger partial charge is 0.351 e. The van der Waals surface area contributed by atoms with E-state index in [-0.39, 0.29) is 30.7 Å². The highest BCUT2D eigenvalue weighted by molar-refractivity contribution is 6.23. The fraction of sp³-hybridized carbons (Fsp3) is 0.667. The normalized spacial score (nSPS) is 25.2. The first kappa shape index (κ1) is 22.3. The number of anilines is 1. The summed E-state index contributed by atoms with van der Waals surface area (Å²) in [4.78, 5) is 35.7. The summed E-state index contributed by atoms with van der Waals surface area (Å²) in [6, 6.07) is 0.763. The molecule has 154 valence electrons. The summed E-state index contributed by atoms with van der Waals surface area (Å²) in [7, 11) is 0. The maximum Gasteiger partial charge on any atom is 0.351 e. The van der Waals surface area contributed by atoms with E-state index in [1.807, 2.05) is 6.92 Å². The van der Waals surface area contributed by atoms with E-state index in [0.717, 1.165) is 0 Å². The minimum Gasteiger partial charge on any atom is -0.461 e. The first-order valence-corrected chi connectivity index (χ1v) is 9.25. The van der Waals surface area contributed by atoms with E-state index in [4.69, 9.17) is 38.6 Å². The second-order valence-corrected chi connectivity index (χ2v) is 7.27. The van der Waals surface area contributed by atoms with Crippen molar-refractivity contribution < 1.29 is 14.3 Å². The molecule has 2 rings (SSSR count). The van der Waals surface area contributed by atoms with Gasteiger partial charge < -0.3 is 9.47 Å². The maximum atomic E-state index is 12.2. The molecule has 0 saturated carbocycles. The molecule has 0 unspecified atom stereocenters. The van der Waals surface area contributed by atoms with E-state index in [2.05, 4.69) is 24.7 Å². The molecular weight excluding hydrogens is 413 g/mol. The molecule has 0 radical (unpaired) electrons. The van der Waals surface area contributed by atoms with Crippen LogP contribution >= 0.6 is 23.6 Å². The van der Waals surface area contributed by atoms with Gasteiger partial charge in [-0.25, -0.2) is 9.63 Å². The van der Waals surface area contributed by atoms with Crippen LogP contribution in [0.1, 0.15) is 33.4 Å². The maximum absolute atomic E-state index is 12.2. The van der Waals surface area contributed by atoms with Crippen LogP contribution in [0, 0.1) is 11.8 Å². The summed E-state index contributed by atoms with van der Waals surface area (Å²) in [5, 5.41) is 3.71. The molecule has 0 aromatic carbocycles. The average molecular weight is 434 g/mol. The molecule has 1 aliphatic heterocycles. The van der Waals surface area contributed by atoms with Gasteiger partial charge in [0.25, 0.3) is 0 Å². The van der Waals surface area contributed by atoms with Crippen molar-refractivity contribution in [1.29, 1.82) is 0 Å². The van der Waals surface area contributed by atoms with Gasteiger partial charge in [0.05, 0.1) is 0 Å². The van der Waals surface area contributed by atoms with E-state index in [1.54, 1.807) is 13.8 Å². The van der Waals surface area contributed by atoms with Crippen molar-refractivity contribution in [2.45, 2.75) is 45.2 Å². The van der Waals surface area contributed by atoms with Crippen molar-refractivity contribution in [2.24, 2.45) is 17.0 Å². The molecule has 11 nitrogen and oxygen atoms in total. The van der Waals surface area contributed by atoms with Crippen molar-refractivity contribution in [2.75, 3.05) is 11.4 Å². The molecule has 0 bridgehead atoms. The topological polar surface area (TPSA) is 143 Å². The third-order valence-corrected chi connectivity index (χ3v) is 4.80. The number of nitrogens with one attached hydrogen (secondary N) is 2. The van der Waals surface area contributed by atoms with E-state index >= 15 is 0 Å². The third kappa shape index (κ3) is 4.86. The van der Waals surface area contributed by atoms with Crippen molar-refractivity contribution >= 4 is 35.3 Å². The predicted octanol–water partition coefficient (Wildman–Crippen LogP) is 2.68. The molecule has 0 amide bonds. The van der Waals surface area contributed by atoms with Crippen molar-refractivity contribution in [1.82, 2.24) is 14.4 Å². The van der Waals surface area contributed by atoms with Crippen LogP contribution in [0.5, 0.6) is 0 Å². The zero-order chi connectivity index (χ0) is 20.9. The Hall–Kier alpha value is -2.04. The number of carbonyl (C=O) groups excluding carboxylic acids is 1. The van der Waals surface area contributed by atoms with Gasteiger partial charge in [0, 0.05) is 28.8 Å². The molecule has 2 heterocycles. The van der Waals surface area contributed by atoms with Crippen LogP contribution in [0.4, 0.5) is 5.82 Å². The molecule has 0 aliphatic carbocycles. The van der Waals surface area contributed by atoms with Crippen LogP contribution in [-0.2, 0) is 14.3 Å². The van der Waals surface area contributed by atoms with Gasteiger partial charge in [-0.15, -0.1) is 0 Å². The molecule has 1 aromatic heterocycles. The Morgan fingerprint density at radius 3 is 2.86 bits per heavy atom. The van der Waals surface area contributed by atoms with Crippen molar-refractivity contribution in [3.8, 4) is 0 Å². The summed E-state index contributed by atoms with van der Waals surface area (Å²) in [6.45, 7) is 5.10. The van der Waals surface area contributed by atoms with Crippen LogP contribution < -0.4 is 15.4 Å². The monoisotopic (exact) mass is 433 g/mol. The minimum absolute atomic E-state index is 0.115. The highest BCUT2D eigenvalue weighted by Gasteiger charge is 2.47. The van der Waals surface area contributed by atoms with Crippen LogP contribution in [0.15, 0.2) is 22.2 Å². The SMILES string of the molecule is CC(C)[C@H](NCl)C(=O)OC[C@]1(N=[N+]=[N-])C[C@H](C)[C@H](n2ccc(NCl)nc2=O)O1. The van der Waals surface area contributed by atoms with Gasteiger partial charge in [0.15, 0.2) is 5.72 Å². The van der Waals surface area contributed by atoms with E-state index in [9.17, 15) is 9.59 Å². The predicted molar refractivity (Wildman–Crippen MR) is 102 cm³/mol. The molecular formula is C15H21Cl2N7O4. The lowest BCUT2D eigenvalue weighted by atomic mass is 10.0. The fourth-order valence-corrected chi connectivity index (χ4v) is 3.41. The molecule has 2 N–H and O–H groups in total. The van der Waals surface area contributed by atoms with E-state index in [1.165, 1.54) is 16.8 Å². The average Bonchev–Trinajstić information content (AvgIpc) is 2.97. The van der Waals surface area contributed by atoms with Crippen LogP contribution in [0.2, 0.25) is 0 Å². The van der Waals surface area contributed by atoms with Gasteiger partial charge in [-0.2, -0.15) is 4.98 Å². The van der Waals surface area contributed by atoms with Crippen molar-refractivity contribution in [3.05, 3.63) is 33.2 Å². The van der Waals surface area contributed by atoms with Gasteiger partial charge >= 0.3 is 11.7 Å². The molecule has 1 aromatic rings. The van der Waals surface area contributed by atoms with Crippen LogP contribution in [0.25, 0.3) is 10.4 Å². The number of azide groups is 1. The summed E-state index contributed by atoms with van der Waals surface area (Å²) in [6.07, 6.45) is 0.934. The lowest BCUT2D eigenvalue weighted by Crippen LogP contribution is -2.41. The zero-order valence-electron chi connectivity index (χ0n) is 15.5. The van der Waals surface area contributed by atoms with Gasteiger partial charge in [0.1, 0.15) is 24.7 Å². The first-order chi connectivity index (χ1) is 13.3. The van der Waals surface area contributed by atoms with E-state index in [0.29, 0.717) is 0 Å². The molecule has 4 atom stereocenters. The molecule has 1 fully saturated rings. The summed E-state index contributed by atoms with van der Waals surface area (Å²) >= 11 is 11.0. The highest BCUT2D eigenvalue weighted by Crippen LogP contribution is 2.41. The Morgan fingerprint density at radius 2 is 2.32 bits per heavy atom. The molecule has 1 saturated heterocycles. The van der Waals surface area contributed by atoms with Gasteiger partial charge in [-0.3, -0.25) is 14.2 Å². The van der Waals surface area contributed by atoms with Crippen molar-refractivity contribution in [3.63, 3.8) is 0 Å². The largest absolute Gasteiger partial charge is 0.461 e. The van der Waals surface area contributed by atoms with Gasteiger partial charge in [-0.1, -0.05) is 25.9 Å². The standard InChI is InChI=1S/C15H21Cl2N7O4/c1-8(2)11(21-17)13(25)27-7-15(22-23-18)6-9(3)12(28-15)24-5-4-10(20-16)19-14(24)26/h4-5,8-9,11-12,21H,6-7H2,1-3H3,(H,19,20,26)/t9-,11-,12+,15-/m0/s1. The van der Waals surface area contributed by atoms with Gasteiger partial charge in [0.2, 0.25) is 0 Å². The number of aromatic nitrogens is 2. The second-order valence-electron chi connectivity index (χ2n) is 6.86. The Balaban J connectivity index is 2.21.